The molecule has 1 fully saturated rings. The first-order valence-corrected chi connectivity index (χ1v) is 14.0. The predicted molar refractivity (Wildman–Crippen MR) is 160 cm³/mol. The Kier molecular flexibility index (Phi) is 8.52. The Bertz CT molecular complexity index is 1460. The van der Waals surface area contributed by atoms with Crippen LogP contribution in [0.2, 0.25) is 15.1 Å². The summed E-state index contributed by atoms with van der Waals surface area (Å²) in [5.74, 6) is 1.47. The number of piperazine rings is 1. The molecule has 7 nitrogen and oxygen atoms in total. The Morgan fingerprint density at radius 1 is 1.03 bits per heavy atom. The maximum atomic E-state index is 12.8. The number of methoxy groups -OCH3 is 1. The number of nitrogens with zero attached hydrogens (tertiary/aromatic N) is 3. The summed E-state index contributed by atoms with van der Waals surface area (Å²) in [7, 11) is 1.68. The van der Waals surface area contributed by atoms with Crippen LogP contribution in [0.5, 0.6) is 5.75 Å². The van der Waals surface area contributed by atoms with Gasteiger partial charge in [-0.05, 0) is 67.9 Å². The van der Waals surface area contributed by atoms with Gasteiger partial charge in [-0.25, -0.2) is 4.98 Å². The highest BCUT2D eigenvalue weighted by Gasteiger charge is 2.20. The van der Waals surface area contributed by atoms with Crippen LogP contribution in [0.3, 0.4) is 0 Å². The second kappa shape index (κ2) is 12.0. The van der Waals surface area contributed by atoms with Crippen molar-refractivity contribution >= 4 is 57.4 Å². The van der Waals surface area contributed by atoms with Gasteiger partial charge >= 0.3 is 0 Å². The predicted octanol–water partition coefficient (Wildman–Crippen LogP) is 6.45. The average Bonchev–Trinajstić information content (AvgIpc) is 3.33. The number of imidazole rings is 1. The van der Waals surface area contributed by atoms with Gasteiger partial charge in [-0.15, -0.1) is 0 Å². The van der Waals surface area contributed by atoms with Crippen LogP contribution in [0.1, 0.15) is 22.3 Å². The summed E-state index contributed by atoms with van der Waals surface area (Å²) in [5.41, 5.74) is 5.09. The third-order valence-electron chi connectivity index (χ3n) is 7.06. The second-order valence-corrected chi connectivity index (χ2v) is 10.9. The number of fused-ring (bicyclic) bond motifs is 1. The van der Waals surface area contributed by atoms with Crippen molar-refractivity contribution in [1.29, 1.82) is 0 Å². The monoisotopic (exact) mass is 585 g/mol. The number of aromatic nitrogens is 2. The maximum absolute atomic E-state index is 12.8. The summed E-state index contributed by atoms with van der Waals surface area (Å²) in [6, 6.07) is 14.9. The highest BCUT2D eigenvalue weighted by Crippen LogP contribution is 2.32. The second-order valence-electron chi connectivity index (χ2n) is 9.65. The van der Waals surface area contributed by atoms with Crippen molar-refractivity contribution in [1.82, 2.24) is 20.2 Å². The topological polar surface area (TPSA) is 73.5 Å². The SMILES string of the molecule is COc1ccc(Cl)cc1N1CCN(CCCNC(=O)c2ccc(-c3nc4cc(Cl)c(Cl)cc4[nH]3)c(C)c2)CC1. The number of aryl methyl sites for hydroxylation is 1. The number of carbonyl (C=O) groups is 1. The highest BCUT2D eigenvalue weighted by molar-refractivity contribution is 6.42. The molecule has 1 aliphatic heterocycles. The van der Waals surface area contributed by atoms with Gasteiger partial charge in [0.2, 0.25) is 0 Å². The smallest absolute Gasteiger partial charge is 0.251 e. The molecule has 39 heavy (non-hydrogen) atoms. The minimum Gasteiger partial charge on any atom is -0.495 e. The number of nitrogens with one attached hydrogen (secondary N) is 2. The van der Waals surface area contributed by atoms with Gasteiger partial charge in [0.25, 0.3) is 5.91 Å². The first-order chi connectivity index (χ1) is 18.8. The summed E-state index contributed by atoms with van der Waals surface area (Å²) >= 11 is 18.5. The molecule has 204 valence electrons. The Balaban J connectivity index is 1.10. The summed E-state index contributed by atoms with van der Waals surface area (Å²) in [4.78, 5) is 25.5. The number of anilines is 1. The molecule has 0 unspecified atom stereocenters. The van der Waals surface area contributed by atoms with E-state index in [1.165, 1.54) is 0 Å². The molecule has 4 aromatic rings. The van der Waals surface area contributed by atoms with E-state index < -0.39 is 0 Å². The van der Waals surface area contributed by atoms with Gasteiger partial charge in [-0.3, -0.25) is 9.69 Å². The van der Waals surface area contributed by atoms with Gasteiger partial charge in [0.1, 0.15) is 11.6 Å². The molecule has 0 radical (unpaired) electrons. The van der Waals surface area contributed by atoms with Crippen LogP contribution in [-0.2, 0) is 0 Å². The molecule has 1 aliphatic rings. The molecular weight excluding hydrogens is 557 g/mol. The standard InChI is InChI=1S/C29H30Cl3N5O2/c1-18-14-19(4-6-21(18)28-34-24-16-22(31)23(32)17-25(24)35-28)29(38)33-8-3-9-36-10-12-37(13-11-36)26-15-20(30)5-7-27(26)39-2/h4-7,14-17H,3,8-13H2,1-2H3,(H,33,38)(H,34,35). The van der Waals surface area contributed by atoms with Crippen LogP contribution in [0, 0.1) is 6.92 Å². The summed E-state index contributed by atoms with van der Waals surface area (Å²) in [6.07, 6.45) is 0.882. The van der Waals surface area contributed by atoms with Crippen LogP contribution in [0.25, 0.3) is 22.4 Å². The molecule has 10 heteroatoms. The fraction of sp³-hybridized carbons (Fsp3) is 0.310. The van der Waals surface area contributed by atoms with Crippen LogP contribution in [0.15, 0.2) is 48.5 Å². The Morgan fingerprint density at radius 2 is 1.79 bits per heavy atom. The van der Waals surface area contributed by atoms with Gasteiger partial charge in [-0.1, -0.05) is 40.9 Å². The van der Waals surface area contributed by atoms with Crippen LogP contribution >= 0.6 is 34.8 Å². The largest absolute Gasteiger partial charge is 0.495 e. The van der Waals surface area contributed by atoms with Gasteiger partial charge in [0, 0.05) is 48.9 Å². The molecule has 5 rings (SSSR count). The Morgan fingerprint density at radius 3 is 2.54 bits per heavy atom. The molecule has 1 aromatic heterocycles. The lowest BCUT2D eigenvalue weighted by Crippen LogP contribution is -2.47. The van der Waals surface area contributed by atoms with E-state index in [9.17, 15) is 4.79 Å². The zero-order valence-corrected chi connectivity index (χ0v) is 24.1. The van der Waals surface area contributed by atoms with Crippen molar-refractivity contribution in [3.63, 3.8) is 0 Å². The van der Waals surface area contributed by atoms with Crippen molar-refractivity contribution in [2.24, 2.45) is 0 Å². The minimum absolute atomic E-state index is 0.0781. The lowest BCUT2D eigenvalue weighted by Gasteiger charge is -2.36. The van der Waals surface area contributed by atoms with Gasteiger partial charge in [0.15, 0.2) is 0 Å². The maximum Gasteiger partial charge on any atom is 0.251 e. The van der Waals surface area contributed by atoms with Gasteiger partial charge < -0.3 is 19.9 Å². The quantitative estimate of drug-likeness (QED) is 0.232. The first kappa shape index (κ1) is 27.6. The van der Waals surface area contributed by atoms with Crippen molar-refractivity contribution in [2.75, 3.05) is 51.3 Å². The number of halogens is 3. The Labute approximate surface area is 243 Å². The zero-order chi connectivity index (χ0) is 27.5. The molecule has 0 aliphatic carbocycles. The number of benzene rings is 3. The van der Waals surface area contributed by atoms with E-state index in [1.54, 1.807) is 19.2 Å². The highest BCUT2D eigenvalue weighted by atomic mass is 35.5. The summed E-state index contributed by atoms with van der Waals surface area (Å²) in [6.45, 7) is 7.22. The number of ether oxygens (including phenoxy) is 1. The molecule has 2 N–H and O–H groups in total. The number of hydrogen-bond donors (Lipinski definition) is 2. The normalized spacial score (nSPS) is 14.1. The van der Waals surface area contributed by atoms with Crippen molar-refractivity contribution < 1.29 is 9.53 Å². The van der Waals surface area contributed by atoms with Crippen LogP contribution < -0.4 is 15.0 Å². The van der Waals surface area contributed by atoms with E-state index in [-0.39, 0.29) is 5.91 Å². The Hall–Kier alpha value is -2.97. The number of rotatable bonds is 8. The fourth-order valence-electron chi connectivity index (χ4n) is 4.93. The van der Waals surface area contributed by atoms with E-state index in [4.69, 9.17) is 39.5 Å². The lowest BCUT2D eigenvalue weighted by atomic mass is 10.0. The number of carbonyl (C=O) groups excluding carboxylic acids is 1. The summed E-state index contributed by atoms with van der Waals surface area (Å²) < 4.78 is 5.51. The summed E-state index contributed by atoms with van der Waals surface area (Å²) in [5, 5.41) is 4.70. The molecular formula is C29H30Cl3N5O2. The average molecular weight is 587 g/mol. The fourth-order valence-corrected chi connectivity index (χ4v) is 5.42. The minimum atomic E-state index is -0.0781. The van der Waals surface area contributed by atoms with Crippen LogP contribution in [0.4, 0.5) is 5.69 Å². The number of aromatic amines is 1. The first-order valence-electron chi connectivity index (χ1n) is 12.9. The number of amides is 1. The van der Waals surface area contributed by atoms with Crippen molar-refractivity contribution in [2.45, 2.75) is 13.3 Å². The molecule has 0 spiro atoms. The third kappa shape index (κ3) is 6.28. The molecule has 1 saturated heterocycles. The van der Waals surface area contributed by atoms with E-state index in [0.717, 1.165) is 72.7 Å². The molecule has 3 aromatic carbocycles. The van der Waals surface area contributed by atoms with Crippen molar-refractivity contribution in [3.8, 4) is 17.1 Å². The third-order valence-corrected chi connectivity index (χ3v) is 8.02. The van der Waals surface area contributed by atoms with Crippen LogP contribution in [-0.4, -0.2) is 67.2 Å². The zero-order valence-electron chi connectivity index (χ0n) is 21.9. The van der Waals surface area contributed by atoms with Gasteiger partial charge in [0.05, 0.1) is 33.9 Å². The van der Waals surface area contributed by atoms with E-state index in [1.807, 2.05) is 43.3 Å². The number of hydrogen-bond acceptors (Lipinski definition) is 5. The molecule has 0 bridgehead atoms. The molecule has 1 amide bonds. The van der Waals surface area contributed by atoms with E-state index in [2.05, 4.69) is 25.1 Å². The number of H-pyrrole nitrogens is 1. The van der Waals surface area contributed by atoms with Crippen molar-refractivity contribution in [3.05, 3.63) is 74.7 Å². The molecule has 0 atom stereocenters. The molecule has 2 heterocycles. The van der Waals surface area contributed by atoms with E-state index in [0.29, 0.717) is 33.0 Å². The molecule has 0 saturated carbocycles. The van der Waals surface area contributed by atoms with E-state index >= 15 is 0 Å². The van der Waals surface area contributed by atoms with Gasteiger partial charge in [-0.2, -0.15) is 0 Å². The lowest BCUT2D eigenvalue weighted by molar-refractivity contribution is 0.0951.